The molecule has 6 nitrogen and oxygen atoms in total. The van der Waals surface area contributed by atoms with Gasteiger partial charge in [0.05, 0.1) is 4.92 Å². The zero-order chi connectivity index (χ0) is 14.9. The standard InChI is InChI=1S/C13H16ClN3O3/c1-9-8-15(5-6-16(9)10(2)18)12-4-3-11(14)7-13(12)17(19)20/h3-4,7,9H,5-6,8H2,1-2H3. The van der Waals surface area contributed by atoms with Gasteiger partial charge < -0.3 is 9.80 Å². The van der Waals surface area contributed by atoms with E-state index < -0.39 is 4.92 Å². The Kier molecular flexibility index (Phi) is 4.13. The average molecular weight is 298 g/mol. The lowest BCUT2D eigenvalue weighted by atomic mass is 10.1. The van der Waals surface area contributed by atoms with E-state index in [4.69, 9.17) is 11.6 Å². The number of piperazine rings is 1. The molecule has 1 aromatic rings. The fourth-order valence-electron chi connectivity index (χ4n) is 2.55. The summed E-state index contributed by atoms with van der Waals surface area (Å²) in [6.07, 6.45) is 0. The SMILES string of the molecule is CC(=O)N1CCN(c2ccc(Cl)cc2[N+](=O)[O-])CC1C. The molecule has 1 aromatic carbocycles. The Labute approximate surface area is 122 Å². The van der Waals surface area contributed by atoms with Gasteiger partial charge in [-0.3, -0.25) is 14.9 Å². The second kappa shape index (κ2) is 5.66. The van der Waals surface area contributed by atoms with Crippen molar-refractivity contribution in [2.45, 2.75) is 19.9 Å². The van der Waals surface area contributed by atoms with E-state index in [0.717, 1.165) is 0 Å². The number of amides is 1. The van der Waals surface area contributed by atoms with Crippen molar-refractivity contribution < 1.29 is 9.72 Å². The Morgan fingerprint density at radius 2 is 2.15 bits per heavy atom. The van der Waals surface area contributed by atoms with Crippen LogP contribution in [0.15, 0.2) is 18.2 Å². The quantitative estimate of drug-likeness (QED) is 0.620. The number of carbonyl (C=O) groups excluding carboxylic acids is 1. The van der Waals surface area contributed by atoms with Crippen molar-refractivity contribution >= 4 is 28.9 Å². The lowest BCUT2D eigenvalue weighted by Crippen LogP contribution is -2.53. The molecule has 1 amide bonds. The molecular formula is C13H16ClN3O3. The van der Waals surface area contributed by atoms with Crippen LogP contribution in [-0.4, -0.2) is 41.4 Å². The normalized spacial score (nSPS) is 19.1. The Morgan fingerprint density at radius 1 is 1.45 bits per heavy atom. The van der Waals surface area contributed by atoms with Crippen LogP contribution in [0.4, 0.5) is 11.4 Å². The van der Waals surface area contributed by atoms with E-state index in [1.54, 1.807) is 17.0 Å². The summed E-state index contributed by atoms with van der Waals surface area (Å²) in [6, 6.07) is 4.69. The van der Waals surface area contributed by atoms with Crippen molar-refractivity contribution in [3.63, 3.8) is 0 Å². The highest BCUT2D eigenvalue weighted by Gasteiger charge is 2.29. The highest BCUT2D eigenvalue weighted by Crippen LogP contribution is 2.32. The third-order valence-corrected chi connectivity index (χ3v) is 3.74. The summed E-state index contributed by atoms with van der Waals surface area (Å²) in [7, 11) is 0. The van der Waals surface area contributed by atoms with Crippen molar-refractivity contribution in [1.82, 2.24) is 4.90 Å². The first-order valence-corrected chi connectivity index (χ1v) is 6.74. The van der Waals surface area contributed by atoms with Crippen LogP contribution in [0.1, 0.15) is 13.8 Å². The Balaban J connectivity index is 2.26. The van der Waals surface area contributed by atoms with Crippen LogP contribution in [0.2, 0.25) is 5.02 Å². The summed E-state index contributed by atoms with van der Waals surface area (Å²) in [5, 5.41) is 11.5. The number of nitrogens with zero attached hydrogens (tertiary/aromatic N) is 3. The van der Waals surface area contributed by atoms with Gasteiger partial charge in [0.1, 0.15) is 5.69 Å². The maximum absolute atomic E-state index is 11.5. The highest BCUT2D eigenvalue weighted by atomic mass is 35.5. The number of halogens is 1. The molecule has 0 bridgehead atoms. The van der Waals surface area contributed by atoms with Crippen molar-refractivity contribution in [3.05, 3.63) is 33.3 Å². The first-order valence-electron chi connectivity index (χ1n) is 6.36. The van der Waals surface area contributed by atoms with Crippen LogP contribution in [-0.2, 0) is 4.79 Å². The first-order chi connectivity index (χ1) is 9.40. The van der Waals surface area contributed by atoms with E-state index in [9.17, 15) is 14.9 Å². The Morgan fingerprint density at radius 3 is 2.70 bits per heavy atom. The molecule has 0 saturated carbocycles. The fraction of sp³-hybridized carbons (Fsp3) is 0.462. The van der Waals surface area contributed by atoms with E-state index >= 15 is 0 Å². The summed E-state index contributed by atoms with van der Waals surface area (Å²) in [5.74, 6) is 0.0303. The molecule has 0 spiro atoms. The fourth-order valence-corrected chi connectivity index (χ4v) is 2.72. The second-order valence-corrected chi connectivity index (χ2v) is 5.33. The zero-order valence-electron chi connectivity index (χ0n) is 11.4. The molecule has 0 aromatic heterocycles. The van der Waals surface area contributed by atoms with E-state index in [2.05, 4.69) is 0 Å². The van der Waals surface area contributed by atoms with Crippen LogP contribution in [0.3, 0.4) is 0 Å². The van der Waals surface area contributed by atoms with Gasteiger partial charge in [0.2, 0.25) is 5.91 Å². The number of nitro benzene ring substituents is 1. The number of rotatable bonds is 2. The average Bonchev–Trinajstić information content (AvgIpc) is 2.37. The minimum atomic E-state index is -0.427. The maximum atomic E-state index is 11.5. The molecule has 20 heavy (non-hydrogen) atoms. The lowest BCUT2D eigenvalue weighted by molar-refractivity contribution is -0.384. The van der Waals surface area contributed by atoms with Gasteiger partial charge in [-0.1, -0.05) is 11.6 Å². The van der Waals surface area contributed by atoms with Crippen molar-refractivity contribution in [2.24, 2.45) is 0 Å². The predicted molar refractivity (Wildman–Crippen MR) is 77.2 cm³/mol. The molecule has 1 fully saturated rings. The van der Waals surface area contributed by atoms with Gasteiger partial charge in [0.15, 0.2) is 0 Å². The van der Waals surface area contributed by atoms with Gasteiger partial charge in [-0.2, -0.15) is 0 Å². The van der Waals surface area contributed by atoms with Gasteiger partial charge in [-0.15, -0.1) is 0 Å². The number of benzene rings is 1. The number of nitro groups is 1. The molecule has 1 aliphatic heterocycles. The van der Waals surface area contributed by atoms with E-state index in [1.165, 1.54) is 13.0 Å². The van der Waals surface area contributed by atoms with Gasteiger partial charge >= 0.3 is 0 Å². The third-order valence-electron chi connectivity index (χ3n) is 3.51. The predicted octanol–water partition coefficient (Wildman–Crippen LogP) is 2.31. The Bertz CT molecular complexity index is 550. The van der Waals surface area contributed by atoms with Gasteiger partial charge in [0.25, 0.3) is 5.69 Å². The lowest BCUT2D eigenvalue weighted by Gasteiger charge is -2.40. The van der Waals surface area contributed by atoms with Gasteiger partial charge in [-0.05, 0) is 19.1 Å². The molecule has 7 heteroatoms. The first kappa shape index (κ1) is 14.6. The van der Waals surface area contributed by atoms with E-state index in [1.807, 2.05) is 11.8 Å². The number of hydrogen-bond donors (Lipinski definition) is 0. The van der Waals surface area contributed by atoms with Gasteiger partial charge in [-0.25, -0.2) is 0 Å². The third kappa shape index (κ3) is 2.85. The van der Waals surface area contributed by atoms with Crippen LogP contribution in [0.25, 0.3) is 0 Å². The van der Waals surface area contributed by atoms with Crippen molar-refractivity contribution in [1.29, 1.82) is 0 Å². The van der Waals surface area contributed by atoms with Crippen LogP contribution < -0.4 is 4.90 Å². The molecule has 1 atom stereocenters. The van der Waals surface area contributed by atoms with Crippen molar-refractivity contribution in [3.8, 4) is 0 Å². The molecule has 2 rings (SSSR count). The number of hydrogen-bond acceptors (Lipinski definition) is 4. The number of anilines is 1. The van der Waals surface area contributed by atoms with E-state index in [0.29, 0.717) is 30.3 Å². The summed E-state index contributed by atoms with van der Waals surface area (Å²) in [5.41, 5.74) is 0.551. The van der Waals surface area contributed by atoms with Gasteiger partial charge in [0, 0.05) is 43.7 Å². The molecule has 0 N–H and O–H groups in total. The van der Waals surface area contributed by atoms with Crippen molar-refractivity contribution in [2.75, 3.05) is 24.5 Å². The summed E-state index contributed by atoms with van der Waals surface area (Å²) in [6.45, 7) is 5.19. The molecule has 0 aliphatic carbocycles. The zero-order valence-corrected chi connectivity index (χ0v) is 12.1. The summed E-state index contributed by atoms with van der Waals surface area (Å²) >= 11 is 5.82. The smallest absolute Gasteiger partial charge is 0.294 e. The summed E-state index contributed by atoms with van der Waals surface area (Å²) < 4.78 is 0. The molecule has 1 saturated heterocycles. The second-order valence-electron chi connectivity index (χ2n) is 4.90. The molecule has 1 unspecified atom stereocenters. The van der Waals surface area contributed by atoms with Crippen LogP contribution in [0.5, 0.6) is 0 Å². The minimum absolute atomic E-state index is 0.000903. The Hall–Kier alpha value is -1.82. The monoisotopic (exact) mass is 297 g/mol. The molecule has 0 radical (unpaired) electrons. The molecule has 108 valence electrons. The summed E-state index contributed by atoms with van der Waals surface area (Å²) in [4.78, 5) is 25.9. The number of carbonyl (C=O) groups is 1. The minimum Gasteiger partial charge on any atom is -0.362 e. The van der Waals surface area contributed by atoms with E-state index in [-0.39, 0.29) is 17.6 Å². The van der Waals surface area contributed by atoms with Crippen LogP contribution >= 0.6 is 11.6 Å². The molecule has 1 aliphatic rings. The van der Waals surface area contributed by atoms with Crippen LogP contribution in [0, 0.1) is 10.1 Å². The largest absolute Gasteiger partial charge is 0.362 e. The highest BCUT2D eigenvalue weighted by molar-refractivity contribution is 6.30. The molecule has 1 heterocycles. The maximum Gasteiger partial charge on any atom is 0.294 e. The molecular weight excluding hydrogens is 282 g/mol. The topological polar surface area (TPSA) is 66.7 Å².